The Labute approximate surface area is 113 Å². The first-order chi connectivity index (χ1) is 9.10. The van der Waals surface area contributed by atoms with Gasteiger partial charge in [0, 0.05) is 42.3 Å². The second-order valence-corrected chi connectivity index (χ2v) is 5.60. The van der Waals surface area contributed by atoms with Gasteiger partial charge in [0.2, 0.25) is 0 Å². The number of carbonyl (C=O) groups is 1. The van der Waals surface area contributed by atoms with Crippen LogP contribution in [0.15, 0.2) is 18.3 Å². The number of Topliss-reactive ketones (excluding diaryl/α,β-unsaturated/α-hetero) is 1. The summed E-state index contributed by atoms with van der Waals surface area (Å²) in [5.41, 5.74) is 4.84. The number of fused-ring (bicyclic) bond motifs is 2. The van der Waals surface area contributed by atoms with E-state index in [9.17, 15) is 4.79 Å². The molecular weight excluding hydrogens is 236 g/mol. The van der Waals surface area contributed by atoms with E-state index in [-0.39, 0.29) is 5.78 Å². The maximum Gasteiger partial charge on any atom is 0.161 e. The van der Waals surface area contributed by atoms with Crippen molar-refractivity contribution >= 4 is 16.7 Å². The second-order valence-electron chi connectivity index (χ2n) is 5.60. The van der Waals surface area contributed by atoms with E-state index in [1.807, 2.05) is 6.20 Å². The molecule has 1 aliphatic heterocycles. The Bertz CT molecular complexity index is 654. The van der Waals surface area contributed by atoms with Gasteiger partial charge in [-0.3, -0.25) is 9.69 Å². The first-order valence-corrected chi connectivity index (χ1v) is 6.94. The smallest absolute Gasteiger partial charge is 0.161 e. The Hall–Kier alpha value is -1.61. The quantitative estimate of drug-likeness (QED) is 0.788. The molecule has 3 rings (SSSR count). The van der Waals surface area contributed by atoms with Gasteiger partial charge < -0.3 is 4.57 Å². The molecule has 3 nitrogen and oxygen atoms in total. The number of hydrogen-bond donors (Lipinski definition) is 0. The number of rotatable bonds is 3. The molecule has 0 spiro atoms. The molecule has 0 N–H and O–H groups in total. The Balaban J connectivity index is 2.24. The highest BCUT2D eigenvalue weighted by Crippen LogP contribution is 2.30. The van der Waals surface area contributed by atoms with Crippen LogP contribution < -0.4 is 0 Å². The molecule has 0 fully saturated rings. The third kappa shape index (κ3) is 1.98. The normalized spacial score (nSPS) is 15.1. The predicted molar refractivity (Wildman–Crippen MR) is 77.4 cm³/mol. The summed E-state index contributed by atoms with van der Waals surface area (Å²) in [5, 5.41) is 1.12. The van der Waals surface area contributed by atoms with Crippen LogP contribution >= 0.6 is 0 Å². The molecule has 0 atom stereocenters. The topological polar surface area (TPSA) is 25.2 Å². The number of ketones is 1. The molecule has 0 unspecified atom stereocenters. The van der Waals surface area contributed by atoms with Crippen LogP contribution in [0.1, 0.15) is 41.8 Å². The summed E-state index contributed by atoms with van der Waals surface area (Å²) in [5.74, 6) is 0.158. The highest BCUT2D eigenvalue weighted by molar-refractivity contribution is 6.07. The Morgan fingerprint density at radius 2 is 1.95 bits per heavy atom. The van der Waals surface area contributed by atoms with Gasteiger partial charge in [-0.2, -0.15) is 0 Å². The average Bonchev–Trinajstić information content (AvgIpc) is 2.87. The van der Waals surface area contributed by atoms with Gasteiger partial charge in [-0.15, -0.1) is 0 Å². The van der Waals surface area contributed by atoms with Crippen LogP contribution in [0.2, 0.25) is 0 Å². The van der Waals surface area contributed by atoms with Crippen molar-refractivity contribution in [3.05, 3.63) is 35.0 Å². The van der Waals surface area contributed by atoms with E-state index in [2.05, 4.69) is 35.6 Å². The molecule has 19 heavy (non-hydrogen) atoms. The number of nitrogens with zero attached hydrogens (tertiary/aromatic N) is 2. The molecule has 2 aromatic rings. The fourth-order valence-corrected chi connectivity index (χ4v) is 3.06. The highest BCUT2D eigenvalue weighted by atomic mass is 16.1. The van der Waals surface area contributed by atoms with Gasteiger partial charge in [0.1, 0.15) is 0 Å². The van der Waals surface area contributed by atoms with E-state index in [1.165, 1.54) is 16.6 Å². The maximum atomic E-state index is 11.8. The van der Waals surface area contributed by atoms with Crippen molar-refractivity contribution in [2.24, 2.45) is 0 Å². The van der Waals surface area contributed by atoms with Crippen molar-refractivity contribution < 1.29 is 4.79 Å². The SMILES string of the molecule is CCCn1cc(C(C)=O)c2cc3c(cc21)CN(C)C3. The minimum Gasteiger partial charge on any atom is -0.347 e. The monoisotopic (exact) mass is 256 g/mol. The van der Waals surface area contributed by atoms with E-state index in [1.54, 1.807) is 6.92 Å². The molecule has 1 aliphatic rings. The van der Waals surface area contributed by atoms with Crippen molar-refractivity contribution in [1.82, 2.24) is 9.47 Å². The van der Waals surface area contributed by atoms with Gasteiger partial charge in [0.25, 0.3) is 0 Å². The Morgan fingerprint density at radius 3 is 2.58 bits per heavy atom. The highest BCUT2D eigenvalue weighted by Gasteiger charge is 2.20. The summed E-state index contributed by atoms with van der Waals surface area (Å²) in [4.78, 5) is 14.1. The Kier molecular flexibility index (Phi) is 2.94. The Morgan fingerprint density at radius 1 is 1.26 bits per heavy atom. The van der Waals surface area contributed by atoms with Crippen molar-refractivity contribution in [1.29, 1.82) is 0 Å². The van der Waals surface area contributed by atoms with Gasteiger partial charge in [-0.1, -0.05) is 6.92 Å². The summed E-state index contributed by atoms with van der Waals surface area (Å²) in [6.45, 7) is 6.79. The van der Waals surface area contributed by atoms with E-state index >= 15 is 0 Å². The molecule has 3 heteroatoms. The van der Waals surface area contributed by atoms with Gasteiger partial charge in [0.05, 0.1) is 0 Å². The lowest BCUT2D eigenvalue weighted by Crippen LogP contribution is -2.07. The first kappa shape index (κ1) is 12.4. The molecule has 0 saturated heterocycles. The van der Waals surface area contributed by atoms with Gasteiger partial charge >= 0.3 is 0 Å². The van der Waals surface area contributed by atoms with Crippen LogP contribution in [0, 0.1) is 0 Å². The molecule has 0 amide bonds. The molecule has 100 valence electrons. The summed E-state index contributed by atoms with van der Waals surface area (Å²) in [6, 6.07) is 4.49. The summed E-state index contributed by atoms with van der Waals surface area (Å²) in [6.07, 6.45) is 3.10. The lowest BCUT2D eigenvalue weighted by atomic mass is 10.0. The van der Waals surface area contributed by atoms with Crippen molar-refractivity contribution in [2.75, 3.05) is 7.05 Å². The number of aromatic nitrogens is 1. The van der Waals surface area contributed by atoms with Gasteiger partial charge in [-0.25, -0.2) is 0 Å². The number of aryl methyl sites for hydroxylation is 1. The van der Waals surface area contributed by atoms with Crippen LogP contribution in [0.25, 0.3) is 10.9 Å². The van der Waals surface area contributed by atoms with Crippen molar-refractivity contribution in [3.8, 4) is 0 Å². The zero-order chi connectivity index (χ0) is 13.6. The third-order valence-electron chi connectivity index (χ3n) is 3.93. The van der Waals surface area contributed by atoms with Crippen molar-refractivity contribution in [3.63, 3.8) is 0 Å². The molecule has 2 heterocycles. The minimum atomic E-state index is 0.158. The lowest BCUT2D eigenvalue weighted by molar-refractivity contribution is 0.101. The maximum absolute atomic E-state index is 11.8. The van der Waals surface area contributed by atoms with Gasteiger partial charge in [0.15, 0.2) is 5.78 Å². The zero-order valence-electron chi connectivity index (χ0n) is 11.9. The van der Waals surface area contributed by atoms with Gasteiger partial charge in [-0.05, 0) is 43.7 Å². The van der Waals surface area contributed by atoms with E-state index < -0.39 is 0 Å². The average molecular weight is 256 g/mol. The largest absolute Gasteiger partial charge is 0.347 e. The summed E-state index contributed by atoms with van der Waals surface area (Å²) in [7, 11) is 2.14. The van der Waals surface area contributed by atoms with Crippen LogP contribution in [-0.4, -0.2) is 22.3 Å². The van der Waals surface area contributed by atoms with Crippen LogP contribution in [-0.2, 0) is 19.6 Å². The molecular formula is C16H20N2O. The fourth-order valence-electron chi connectivity index (χ4n) is 3.06. The number of benzene rings is 1. The zero-order valence-corrected chi connectivity index (χ0v) is 11.9. The summed E-state index contributed by atoms with van der Waals surface area (Å²) >= 11 is 0. The summed E-state index contributed by atoms with van der Waals surface area (Å²) < 4.78 is 2.23. The predicted octanol–water partition coefficient (Wildman–Crippen LogP) is 3.20. The van der Waals surface area contributed by atoms with Crippen LogP contribution in [0.4, 0.5) is 0 Å². The van der Waals surface area contributed by atoms with Crippen LogP contribution in [0.3, 0.4) is 0 Å². The standard InChI is InChI=1S/C16H20N2O/c1-4-5-18-10-15(11(2)19)14-6-12-8-17(3)9-13(12)7-16(14)18/h6-7,10H,4-5,8-9H2,1-3H3. The minimum absolute atomic E-state index is 0.158. The number of hydrogen-bond acceptors (Lipinski definition) is 2. The van der Waals surface area contributed by atoms with E-state index in [0.717, 1.165) is 37.0 Å². The molecule has 1 aromatic heterocycles. The second kappa shape index (κ2) is 4.49. The molecule has 0 saturated carbocycles. The molecule has 0 radical (unpaired) electrons. The first-order valence-electron chi connectivity index (χ1n) is 6.94. The third-order valence-corrected chi connectivity index (χ3v) is 3.93. The van der Waals surface area contributed by atoms with E-state index in [0.29, 0.717) is 0 Å². The number of carbonyl (C=O) groups excluding carboxylic acids is 1. The van der Waals surface area contributed by atoms with E-state index in [4.69, 9.17) is 0 Å². The molecule has 1 aromatic carbocycles. The van der Waals surface area contributed by atoms with Crippen molar-refractivity contribution in [2.45, 2.75) is 39.9 Å². The van der Waals surface area contributed by atoms with Crippen LogP contribution in [0.5, 0.6) is 0 Å². The molecule has 0 aliphatic carbocycles. The molecule has 0 bridgehead atoms. The fraction of sp³-hybridized carbons (Fsp3) is 0.438. The lowest BCUT2D eigenvalue weighted by Gasteiger charge is -2.04.